The standard InChI is InChI=1S/C32H29NO8/c1-3-16-33(2)18-22(34)19-38-24-17-23-28(32-31(24)40-25(35)14-15-26(36)41-32)29(37)27(20-10-6-4-7-11-20)30(39-23)21-12-8-5-9-13-21/h4-15,17,22,34H,3,16,18-19H2,1-2H3/b15-14-. The molecule has 1 aromatic heterocycles. The van der Waals surface area contributed by atoms with Crippen molar-refractivity contribution in [1.82, 2.24) is 4.90 Å². The third-order valence-corrected chi connectivity index (χ3v) is 6.48. The molecule has 1 aliphatic rings. The lowest BCUT2D eigenvalue weighted by Crippen LogP contribution is -2.33. The molecular formula is C32H29NO8. The van der Waals surface area contributed by atoms with E-state index >= 15 is 0 Å². The number of aliphatic hydroxyl groups excluding tert-OH is 1. The van der Waals surface area contributed by atoms with Crippen molar-refractivity contribution in [2.24, 2.45) is 0 Å². The summed E-state index contributed by atoms with van der Waals surface area (Å²) in [5, 5.41) is 10.5. The predicted octanol–water partition coefficient (Wildman–Crippen LogP) is 4.59. The quantitative estimate of drug-likeness (QED) is 0.234. The van der Waals surface area contributed by atoms with E-state index in [1.165, 1.54) is 6.07 Å². The molecule has 5 rings (SSSR count). The molecule has 0 bridgehead atoms. The molecule has 0 amide bonds. The van der Waals surface area contributed by atoms with Gasteiger partial charge in [0.25, 0.3) is 0 Å². The van der Waals surface area contributed by atoms with Crippen molar-refractivity contribution in [3.8, 4) is 39.7 Å². The van der Waals surface area contributed by atoms with E-state index in [4.69, 9.17) is 18.6 Å². The van der Waals surface area contributed by atoms with Crippen LogP contribution in [-0.2, 0) is 9.59 Å². The zero-order valence-electron chi connectivity index (χ0n) is 22.7. The molecule has 2 heterocycles. The van der Waals surface area contributed by atoms with E-state index in [-0.39, 0.29) is 40.4 Å². The monoisotopic (exact) mass is 555 g/mol. The average molecular weight is 556 g/mol. The van der Waals surface area contributed by atoms with Gasteiger partial charge in [0.05, 0.1) is 5.56 Å². The largest absolute Gasteiger partial charge is 0.487 e. The molecule has 0 saturated carbocycles. The Kier molecular flexibility index (Phi) is 8.28. The van der Waals surface area contributed by atoms with Crippen LogP contribution in [0.25, 0.3) is 33.4 Å². The molecule has 0 spiro atoms. The minimum atomic E-state index is -0.879. The molecule has 1 N–H and O–H groups in total. The number of hydrogen-bond donors (Lipinski definition) is 1. The summed E-state index contributed by atoms with van der Waals surface area (Å²) in [4.78, 5) is 41.2. The summed E-state index contributed by atoms with van der Waals surface area (Å²) < 4.78 is 23.3. The molecule has 0 fully saturated rings. The topological polar surface area (TPSA) is 116 Å². The summed E-state index contributed by atoms with van der Waals surface area (Å²) in [5.74, 6) is -2.03. The van der Waals surface area contributed by atoms with Crippen LogP contribution in [0.4, 0.5) is 0 Å². The second-order valence-corrected chi connectivity index (χ2v) is 9.68. The number of carbonyl (C=O) groups is 2. The third kappa shape index (κ3) is 6.06. The summed E-state index contributed by atoms with van der Waals surface area (Å²) in [6.07, 6.45) is 1.88. The van der Waals surface area contributed by atoms with Gasteiger partial charge in [-0.3, -0.25) is 4.79 Å². The first-order valence-corrected chi connectivity index (χ1v) is 13.3. The highest BCUT2D eigenvalue weighted by atomic mass is 16.6. The molecule has 1 unspecified atom stereocenters. The van der Waals surface area contributed by atoms with Gasteiger partial charge in [-0.25, -0.2) is 9.59 Å². The zero-order chi connectivity index (χ0) is 28.9. The Morgan fingerprint density at radius 3 is 2.12 bits per heavy atom. The van der Waals surface area contributed by atoms with Crippen LogP contribution in [0.1, 0.15) is 13.3 Å². The van der Waals surface area contributed by atoms with Gasteiger partial charge in [-0.1, -0.05) is 67.6 Å². The van der Waals surface area contributed by atoms with Gasteiger partial charge in [0, 0.05) is 30.3 Å². The van der Waals surface area contributed by atoms with Crippen molar-refractivity contribution < 1.29 is 33.3 Å². The van der Waals surface area contributed by atoms with E-state index in [9.17, 15) is 19.5 Å². The van der Waals surface area contributed by atoms with Gasteiger partial charge in [0.15, 0.2) is 11.5 Å². The first-order chi connectivity index (χ1) is 19.9. The van der Waals surface area contributed by atoms with Crippen LogP contribution in [0.2, 0.25) is 0 Å². The SMILES string of the molecule is CCCN(C)CC(O)COc1cc2oc(-c3ccccc3)c(-c3ccccc3)c(=O)c2c2c1OC(=O)/C=C\C(=O)O2. The lowest BCUT2D eigenvalue weighted by atomic mass is 9.98. The summed E-state index contributed by atoms with van der Waals surface area (Å²) in [5.41, 5.74) is 1.04. The highest BCUT2D eigenvalue weighted by Gasteiger charge is 2.29. The van der Waals surface area contributed by atoms with Gasteiger partial charge in [0.1, 0.15) is 29.4 Å². The van der Waals surface area contributed by atoms with Crippen LogP contribution in [0.15, 0.2) is 88.1 Å². The highest BCUT2D eigenvalue weighted by Crippen LogP contribution is 2.45. The highest BCUT2D eigenvalue weighted by molar-refractivity contribution is 6.01. The number of carbonyl (C=O) groups excluding carboxylic acids is 2. The lowest BCUT2D eigenvalue weighted by Gasteiger charge is -2.22. The molecule has 0 radical (unpaired) electrons. The minimum Gasteiger partial charge on any atom is -0.487 e. The lowest BCUT2D eigenvalue weighted by molar-refractivity contribution is -0.133. The molecule has 41 heavy (non-hydrogen) atoms. The Balaban J connectivity index is 1.73. The molecule has 1 aliphatic heterocycles. The summed E-state index contributed by atoms with van der Waals surface area (Å²) in [6.45, 7) is 3.01. The molecule has 0 saturated heterocycles. The van der Waals surface area contributed by atoms with E-state index in [2.05, 4.69) is 0 Å². The molecule has 9 heteroatoms. The van der Waals surface area contributed by atoms with Crippen LogP contribution in [0, 0.1) is 0 Å². The number of nitrogens with zero attached hydrogens (tertiary/aromatic N) is 1. The van der Waals surface area contributed by atoms with E-state index in [1.54, 1.807) is 24.3 Å². The smallest absolute Gasteiger partial charge is 0.336 e. The number of fused-ring (bicyclic) bond motifs is 3. The number of hydrogen-bond acceptors (Lipinski definition) is 9. The van der Waals surface area contributed by atoms with Crippen molar-refractivity contribution in [3.63, 3.8) is 0 Å². The molecule has 210 valence electrons. The van der Waals surface area contributed by atoms with Gasteiger partial charge in [-0.2, -0.15) is 0 Å². The summed E-state index contributed by atoms with van der Waals surface area (Å²) in [7, 11) is 1.88. The second-order valence-electron chi connectivity index (χ2n) is 9.68. The number of likely N-dealkylation sites (N-methyl/N-ethyl adjacent to an activating group) is 1. The predicted molar refractivity (Wildman–Crippen MR) is 153 cm³/mol. The number of benzene rings is 3. The number of aliphatic hydroxyl groups is 1. The first-order valence-electron chi connectivity index (χ1n) is 13.3. The van der Waals surface area contributed by atoms with E-state index in [0.29, 0.717) is 23.4 Å². The van der Waals surface area contributed by atoms with E-state index < -0.39 is 23.5 Å². The molecule has 1 atom stereocenters. The normalized spacial score (nSPS) is 14.5. The Bertz CT molecular complexity index is 1660. The first kappa shape index (κ1) is 27.8. The summed E-state index contributed by atoms with van der Waals surface area (Å²) in [6, 6.07) is 19.5. The molecular weight excluding hydrogens is 526 g/mol. The third-order valence-electron chi connectivity index (χ3n) is 6.48. The van der Waals surface area contributed by atoms with Crippen molar-refractivity contribution in [3.05, 3.63) is 89.1 Å². The average Bonchev–Trinajstić information content (AvgIpc) is 2.96. The van der Waals surface area contributed by atoms with Crippen LogP contribution in [-0.4, -0.2) is 54.8 Å². The van der Waals surface area contributed by atoms with E-state index in [0.717, 1.165) is 25.1 Å². The molecule has 9 nitrogen and oxygen atoms in total. The maximum absolute atomic E-state index is 14.2. The van der Waals surface area contributed by atoms with Crippen molar-refractivity contribution in [2.45, 2.75) is 19.4 Å². The van der Waals surface area contributed by atoms with Crippen molar-refractivity contribution in [2.75, 3.05) is 26.7 Å². The van der Waals surface area contributed by atoms with Crippen LogP contribution < -0.4 is 19.6 Å². The van der Waals surface area contributed by atoms with Crippen molar-refractivity contribution in [1.29, 1.82) is 0 Å². The van der Waals surface area contributed by atoms with Crippen LogP contribution in [0.3, 0.4) is 0 Å². The van der Waals surface area contributed by atoms with Gasteiger partial charge in [-0.05, 0) is 25.6 Å². The Labute approximate surface area is 236 Å². The van der Waals surface area contributed by atoms with Gasteiger partial charge in [0.2, 0.25) is 11.2 Å². The maximum atomic E-state index is 14.2. The zero-order valence-corrected chi connectivity index (χ0v) is 22.7. The van der Waals surface area contributed by atoms with Gasteiger partial charge >= 0.3 is 11.9 Å². The van der Waals surface area contributed by atoms with Crippen LogP contribution in [0.5, 0.6) is 17.2 Å². The molecule has 4 aromatic rings. The van der Waals surface area contributed by atoms with Crippen molar-refractivity contribution >= 4 is 22.9 Å². The Hall–Kier alpha value is -4.73. The Morgan fingerprint density at radius 1 is 0.878 bits per heavy atom. The van der Waals surface area contributed by atoms with Gasteiger partial charge in [-0.15, -0.1) is 0 Å². The minimum absolute atomic E-state index is 0.0317. The molecule has 3 aromatic carbocycles. The number of rotatable bonds is 9. The second kappa shape index (κ2) is 12.2. The fraction of sp³-hybridized carbons (Fsp3) is 0.219. The van der Waals surface area contributed by atoms with Crippen LogP contribution >= 0.6 is 0 Å². The summed E-state index contributed by atoms with van der Waals surface area (Å²) >= 11 is 0. The molecule has 0 aliphatic carbocycles. The van der Waals surface area contributed by atoms with E-state index in [1.807, 2.05) is 55.3 Å². The fourth-order valence-electron chi connectivity index (χ4n) is 4.72. The fourth-order valence-corrected chi connectivity index (χ4v) is 4.72. The maximum Gasteiger partial charge on any atom is 0.336 e. The van der Waals surface area contributed by atoms with Gasteiger partial charge < -0.3 is 28.6 Å². The Morgan fingerprint density at radius 2 is 1.49 bits per heavy atom. The number of ether oxygens (including phenoxy) is 3. The number of esters is 2.